The van der Waals surface area contributed by atoms with E-state index in [1.165, 1.54) is 25.3 Å². The minimum Gasteiger partial charge on any atom is -0.391 e. The van der Waals surface area contributed by atoms with Crippen LogP contribution in [0.15, 0.2) is 18.2 Å². The highest BCUT2D eigenvalue weighted by molar-refractivity contribution is 5.64. The molecule has 102 valence electrons. The number of aliphatic hydroxyl groups is 1. The molecule has 19 heavy (non-hydrogen) atoms. The van der Waals surface area contributed by atoms with Crippen LogP contribution in [-0.2, 0) is 4.74 Å². The second-order valence-electron chi connectivity index (χ2n) is 3.93. The lowest BCUT2D eigenvalue weighted by Gasteiger charge is -2.11. The van der Waals surface area contributed by atoms with Crippen LogP contribution in [0.25, 0.3) is 0 Å². The molecule has 0 amide bonds. The van der Waals surface area contributed by atoms with E-state index in [1.807, 2.05) is 6.07 Å². The summed E-state index contributed by atoms with van der Waals surface area (Å²) in [5.74, 6) is 0. The fraction of sp³-hybridized carbons (Fsp3) is 0.417. The number of hydrogen-bond donors (Lipinski definition) is 2. The van der Waals surface area contributed by atoms with E-state index in [0.717, 1.165) is 0 Å². The SMILES string of the molecule is COCC(O)CCNc1cc(C#N)ccc1[N+](=O)[O-]. The van der Waals surface area contributed by atoms with E-state index in [2.05, 4.69) is 5.32 Å². The molecule has 0 saturated carbocycles. The molecule has 0 aliphatic carbocycles. The molecule has 0 saturated heterocycles. The van der Waals surface area contributed by atoms with Gasteiger partial charge in [-0.2, -0.15) is 5.26 Å². The Morgan fingerprint density at radius 3 is 2.95 bits per heavy atom. The van der Waals surface area contributed by atoms with Gasteiger partial charge in [0.2, 0.25) is 0 Å². The highest BCUT2D eigenvalue weighted by atomic mass is 16.6. The van der Waals surface area contributed by atoms with Crippen LogP contribution in [0, 0.1) is 21.4 Å². The number of rotatable bonds is 7. The molecule has 7 heteroatoms. The number of nitrogens with zero attached hydrogens (tertiary/aromatic N) is 2. The van der Waals surface area contributed by atoms with Crippen molar-refractivity contribution in [2.24, 2.45) is 0 Å². The zero-order valence-corrected chi connectivity index (χ0v) is 10.5. The maximum atomic E-state index is 10.8. The van der Waals surface area contributed by atoms with Gasteiger partial charge >= 0.3 is 0 Å². The number of anilines is 1. The third-order valence-electron chi connectivity index (χ3n) is 2.47. The third kappa shape index (κ3) is 4.54. The summed E-state index contributed by atoms with van der Waals surface area (Å²) in [5.41, 5.74) is 0.513. The fourth-order valence-corrected chi connectivity index (χ4v) is 1.56. The maximum Gasteiger partial charge on any atom is 0.292 e. The Morgan fingerprint density at radius 2 is 2.37 bits per heavy atom. The van der Waals surface area contributed by atoms with Crippen molar-refractivity contribution >= 4 is 11.4 Å². The second-order valence-corrected chi connectivity index (χ2v) is 3.93. The molecule has 1 atom stereocenters. The summed E-state index contributed by atoms with van der Waals surface area (Å²) in [4.78, 5) is 10.3. The van der Waals surface area contributed by atoms with Gasteiger partial charge in [-0.25, -0.2) is 0 Å². The van der Waals surface area contributed by atoms with Gasteiger partial charge in [0.25, 0.3) is 5.69 Å². The van der Waals surface area contributed by atoms with Crippen LogP contribution in [0.4, 0.5) is 11.4 Å². The number of hydrogen-bond acceptors (Lipinski definition) is 6. The Bertz CT molecular complexity index is 484. The van der Waals surface area contributed by atoms with Crippen molar-refractivity contribution in [3.8, 4) is 6.07 Å². The number of benzene rings is 1. The van der Waals surface area contributed by atoms with E-state index in [0.29, 0.717) is 18.5 Å². The summed E-state index contributed by atoms with van der Waals surface area (Å²) >= 11 is 0. The smallest absolute Gasteiger partial charge is 0.292 e. The lowest BCUT2D eigenvalue weighted by Crippen LogP contribution is -2.18. The quantitative estimate of drug-likeness (QED) is 0.567. The van der Waals surface area contributed by atoms with Gasteiger partial charge < -0.3 is 15.2 Å². The Hall–Kier alpha value is -2.17. The maximum absolute atomic E-state index is 10.8. The Kier molecular flexibility index (Phi) is 5.73. The monoisotopic (exact) mass is 265 g/mol. The van der Waals surface area contributed by atoms with Gasteiger partial charge in [0.15, 0.2) is 0 Å². The van der Waals surface area contributed by atoms with Crippen LogP contribution in [0.5, 0.6) is 0 Å². The Labute approximate surface area is 110 Å². The second kappa shape index (κ2) is 7.31. The standard InChI is InChI=1S/C12H15N3O4/c1-19-8-10(16)4-5-14-11-6-9(7-13)2-3-12(11)15(17)18/h2-3,6,10,14,16H,4-5,8H2,1H3. The van der Waals surface area contributed by atoms with Crippen LogP contribution < -0.4 is 5.32 Å². The zero-order chi connectivity index (χ0) is 14.3. The molecular weight excluding hydrogens is 250 g/mol. The molecule has 0 aromatic heterocycles. The van der Waals surface area contributed by atoms with E-state index in [9.17, 15) is 15.2 Å². The van der Waals surface area contributed by atoms with Crippen molar-refractivity contribution in [1.29, 1.82) is 5.26 Å². The van der Waals surface area contributed by atoms with E-state index in [4.69, 9.17) is 10.00 Å². The molecule has 0 spiro atoms. The first-order valence-electron chi connectivity index (χ1n) is 5.68. The van der Waals surface area contributed by atoms with Gasteiger partial charge in [-0.05, 0) is 18.6 Å². The third-order valence-corrected chi connectivity index (χ3v) is 2.47. The molecule has 1 rings (SSSR count). The highest BCUT2D eigenvalue weighted by Gasteiger charge is 2.14. The molecule has 0 fully saturated rings. The predicted molar refractivity (Wildman–Crippen MR) is 68.8 cm³/mol. The average Bonchev–Trinajstić information content (AvgIpc) is 2.38. The van der Waals surface area contributed by atoms with Gasteiger partial charge in [0.05, 0.1) is 29.3 Å². The Morgan fingerprint density at radius 1 is 1.63 bits per heavy atom. The average molecular weight is 265 g/mol. The number of nitro benzene ring substituents is 1. The molecule has 1 unspecified atom stereocenters. The van der Waals surface area contributed by atoms with E-state index < -0.39 is 11.0 Å². The summed E-state index contributed by atoms with van der Waals surface area (Å²) < 4.78 is 4.78. The van der Waals surface area contributed by atoms with Gasteiger partial charge in [0.1, 0.15) is 5.69 Å². The molecule has 0 aliphatic heterocycles. The van der Waals surface area contributed by atoms with Crippen molar-refractivity contribution in [3.05, 3.63) is 33.9 Å². The number of nitro groups is 1. The number of methoxy groups -OCH3 is 1. The highest BCUT2D eigenvalue weighted by Crippen LogP contribution is 2.25. The van der Waals surface area contributed by atoms with E-state index in [1.54, 1.807) is 0 Å². The van der Waals surface area contributed by atoms with E-state index >= 15 is 0 Å². The first kappa shape index (κ1) is 14.9. The molecule has 0 radical (unpaired) electrons. The minimum atomic E-state index is -0.629. The van der Waals surface area contributed by atoms with Crippen molar-refractivity contribution in [3.63, 3.8) is 0 Å². The van der Waals surface area contributed by atoms with Gasteiger partial charge in [-0.1, -0.05) is 0 Å². The van der Waals surface area contributed by atoms with Crippen molar-refractivity contribution in [2.45, 2.75) is 12.5 Å². The van der Waals surface area contributed by atoms with Crippen LogP contribution in [0.2, 0.25) is 0 Å². The van der Waals surface area contributed by atoms with Crippen LogP contribution in [0.3, 0.4) is 0 Å². The predicted octanol–water partition coefficient (Wildman–Crippen LogP) is 1.28. The van der Waals surface area contributed by atoms with Crippen molar-refractivity contribution < 1.29 is 14.8 Å². The molecule has 0 bridgehead atoms. The molecule has 1 aromatic rings. The summed E-state index contributed by atoms with van der Waals surface area (Å²) in [6, 6.07) is 6.01. The number of aliphatic hydroxyl groups excluding tert-OH is 1. The summed E-state index contributed by atoms with van der Waals surface area (Å²) in [6.45, 7) is 0.558. The van der Waals surface area contributed by atoms with Crippen LogP contribution in [0.1, 0.15) is 12.0 Å². The first-order chi connectivity index (χ1) is 9.08. The normalized spacial score (nSPS) is 11.6. The van der Waals surface area contributed by atoms with Crippen molar-refractivity contribution in [2.75, 3.05) is 25.6 Å². The number of nitrogens with one attached hydrogen (secondary N) is 1. The number of ether oxygens (including phenoxy) is 1. The molecule has 7 nitrogen and oxygen atoms in total. The zero-order valence-electron chi connectivity index (χ0n) is 10.5. The van der Waals surface area contributed by atoms with Crippen LogP contribution >= 0.6 is 0 Å². The molecular formula is C12H15N3O4. The lowest BCUT2D eigenvalue weighted by molar-refractivity contribution is -0.384. The molecule has 2 N–H and O–H groups in total. The number of nitriles is 1. The topological polar surface area (TPSA) is 108 Å². The fourth-order valence-electron chi connectivity index (χ4n) is 1.56. The summed E-state index contributed by atoms with van der Waals surface area (Å²) in [6.07, 6.45) is -0.238. The van der Waals surface area contributed by atoms with Gasteiger partial charge in [-0.15, -0.1) is 0 Å². The molecule has 0 aliphatic rings. The Balaban J connectivity index is 2.70. The summed E-state index contributed by atoms with van der Waals surface area (Å²) in [7, 11) is 1.48. The van der Waals surface area contributed by atoms with Gasteiger partial charge in [0, 0.05) is 19.7 Å². The summed E-state index contributed by atoms with van der Waals surface area (Å²) in [5, 5.41) is 31.9. The lowest BCUT2D eigenvalue weighted by atomic mass is 10.2. The van der Waals surface area contributed by atoms with Crippen LogP contribution in [-0.4, -0.2) is 36.4 Å². The van der Waals surface area contributed by atoms with Crippen molar-refractivity contribution in [1.82, 2.24) is 0 Å². The largest absolute Gasteiger partial charge is 0.391 e. The van der Waals surface area contributed by atoms with E-state index in [-0.39, 0.29) is 18.0 Å². The molecule has 1 aromatic carbocycles. The molecule has 0 heterocycles. The minimum absolute atomic E-state index is 0.0970. The first-order valence-corrected chi connectivity index (χ1v) is 5.68. The van der Waals surface area contributed by atoms with Gasteiger partial charge in [-0.3, -0.25) is 10.1 Å².